The maximum absolute atomic E-state index is 13.4. The third-order valence-electron chi connectivity index (χ3n) is 6.55. The number of carbonyl (C=O) groups is 3. The van der Waals surface area contributed by atoms with Crippen molar-refractivity contribution in [3.63, 3.8) is 0 Å². The van der Waals surface area contributed by atoms with Crippen LogP contribution in [0.4, 0.5) is 5.82 Å². The molecule has 2 atom stereocenters. The minimum Gasteiger partial charge on any atom is -0.481 e. The molecule has 0 aliphatic carbocycles. The van der Waals surface area contributed by atoms with Crippen molar-refractivity contribution in [3.05, 3.63) is 103 Å². The number of amides is 2. The highest BCUT2D eigenvalue weighted by atomic mass is 16.4. The first-order valence-electron chi connectivity index (χ1n) is 13.6. The number of imidazole rings is 1. The quantitative estimate of drug-likeness (QED) is 0.139. The Morgan fingerprint density at radius 1 is 0.878 bits per heavy atom. The number of aromatic nitrogens is 3. The zero-order valence-corrected chi connectivity index (χ0v) is 22.6. The lowest BCUT2D eigenvalue weighted by Crippen LogP contribution is -2.49. The number of carbonyl (C=O) groups excluding carboxylic acids is 2. The number of aliphatic carboxylic acids is 1. The molecule has 0 aliphatic rings. The molecule has 10 nitrogen and oxygen atoms in total. The molecular formula is C31H34N6O4. The van der Waals surface area contributed by atoms with Gasteiger partial charge in [0.15, 0.2) is 0 Å². The maximum atomic E-state index is 13.4. The van der Waals surface area contributed by atoms with Crippen molar-refractivity contribution in [3.8, 4) is 11.1 Å². The van der Waals surface area contributed by atoms with Gasteiger partial charge in [0.25, 0.3) is 0 Å². The van der Waals surface area contributed by atoms with Crippen molar-refractivity contribution in [1.29, 1.82) is 0 Å². The first kappa shape index (κ1) is 29.0. The van der Waals surface area contributed by atoms with Crippen LogP contribution in [-0.4, -0.2) is 50.4 Å². The van der Waals surface area contributed by atoms with Gasteiger partial charge in [-0.15, -0.1) is 0 Å². The fraction of sp³-hybridized carbons (Fsp3) is 0.258. The minimum absolute atomic E-state index is 0.186. The van der Waals surface area contributed by atoms with E-state index in [1.165, 1.54) is 6.33 Å². The van der Waals surface area contributed by atoms with Crippen molar-refractivity contribution in [1.82, 2.24) is 25.6 Å². The van der Waals surface area contributed by atoms with Gasteiger partial charge in [-0.05, 0) is 41.7 Å². The number of aromatic amines is 1. The summed E-state index contributed by atoms with van der Waals surface area (Å²) in [6.45, 7) is 0.669. The number of hydrogen-bond donors (Lipinski definition) is 5. The Balaban J connectivity index is 1.37. The van der Waals surface area contributed by atoms with Gasteiger partial charge >= 0.3 is 5.97 Å². The van der Waals surface area contributed by atoms with Crippen molar-refractivity contribution in [2.24, 2.45) is 0 Å². The number of anilines is 1. The van der Waals surface area contributed by atoms with E-state index in [4.69, 9.17) is 0 Å². The molecule has 41 heavy (non-hydrogen) atoms. The molecule has 10 heteroatoms. The van der Waals surface area contributed by atoms with Gasteiger partial charge in [-0.25, -0.2) is 9.97 Å². The largest absolute Gasteiger partial charge is 0.481 e. The standard InChI is InChI=1S/C31H34N6O4/c38-29(11-5-7-17-34-28-10-4-6-16-33-28)36-27(18-25-20-32-21-35-25)31(41)37-26(19-30(39)40)24-14-12-23(13-15-24)22-8-2-1-3-9-22/h1-4,6,8-10,12-16,20-21,26-27H,5,7,11,17-19H2,(H,32,35)(H,33,34)(H,36,38)(H,37,41)(H,39,40)/t26?,27-/m1/s1. The summed E-state index contributed by atoms with van der Waals surface area (Å²) in [7, 11) is 0. The van der Waals surface area contributed by atoms with Gasteiger partial charge in [0.05, 0.1) is 18.8 Å². The number of hydrogen-bond acceptors (Lipinski definition) is 6. The zero-order valence-electron chi connectivity index (χ0n) is 22.6. The highest BCUT2D eigenvalue weighted by Crippen LogP contribution is 2.23. The number of carboxylic acid groups (broad SMARTS) is 1. The summed E-state index contributed by atoms with van der Waals surface area (Å²) < 4.78 is 0. The summed E-state index contributed by atoms with van der Waals surface area (Å²) in [5.74, 6) is -0.998. The summed E-state index contributed by atoms with van der Waals surface area (Å²) >= 11 is 0. The van der Waals surface area contributed by atoms with Crippen molar-refractivity contribution in [2.45, 2.75) is 44.2 Å². The van der Waals surface area contributed by atoms with E-state index >= 15 is 0 Å². The van der Waals surface area contributed by atoms with Crippen LogP contribution in [-0.2, 0) is 20.8 Å². The lowest BCUT2D eigenvalue weighted by molar-refractivity contribution is -0.138. The molecule has 0 bridgehead atoms. The normalized spacial score (nSPS) is 12.2. The van der Waals surface area contributed by atoms with Gasteiger partial charge in [-0.3, -0.25) is 14.4 Å². The fourth-order valence-corrected chi connectivity index (χ4v) is 4.42. The van der Waals surface area contributed by atoms with Crippen LogP contribution in [0.5, 0.6) is 0 Å². The second kappa shape index (κ2) is 15.0. The van der Waals surface area contributed by atoms with Crippen LogP contribution < -0.4 is 16.0 Å². The number of rotatable bonds is 15. The van der Waals surface area contributed by atoms with E-state index < -0.39 is 24.0 Å². The third kappa shape index (κ3) is 9.31. The lowest BCUT2D eigenvalue weighted by Gasteiger charge is -2.23. The zero-order chi connectivity index (χ0) is 28.9. The molecule has 0 aliphatic heterocycles. The second-order valence-corrected chi connectivity index (χ2v) is 9.65. The first-order chi connectivity index (χ1) is 20.0. The summed E-state index contributed by atoms with van der Waals surface area (Å²) in [4.78, 5) is 49.0. The van der Waals surface area contributed by atoms with Gasteiger partial charge in [0.1, 0.15) is 11.9 Å². The molecule has 0 spiro atoms. The molecule has 212 valence electrons. The van der Waals surface area contributed by atoms with E-state index in [0.29, 0.717) is 24.2 Å². The third-order valence-corrected chi connectivity index (χ3v) is 6.55. The average molecular weight is 555 g/mol. The highest BCUT2D eigenvalue weighted by molar-refractivity contribution is 5.88. The number of nitrogens with zero attached hydrogens (tertiary/aromatic N) is 2. The summed E-state index contributed by atoms with van der Waals surface area (Å²) in [6.07, 6.45) is 6.31. The van der Waals surface area contributed by atoms with Crippen molar-refractivity contribution >= 4 is 23.6 Å². The SMILES string of the molecule is O=C(O)CC(NC(=O)[C@@H](Cc1cnc[nH]1)NC(=O)CCCCNc1ccccn1)c1ccc(-c2ccccc2)cc1. The Kier molecular flexibility index (Phi) is 10.6. The van der Waals surface area contributed by atoms with Gasteiger partial charge in [-0.2, -0.15) is 0 Å². The van der Waals surface area contributed by atoms with E-state index in [1.807, 2.05) is 72.8 Å². The first-order valence-corrected chi connectivity index (χ1v) is 13.6. The van der Waals surface area contributed by atoms with Gasteiger partial charge < -0.3 is 26.0 Å². The van der Waals surface area contributed by atoms with Crippen molar-refractivity contribution in [2.75, 3.05) is 11.9 Å². The van der Waals surface area contributed by atoms with Crippen molar-refractivity contribution < 1.29 is 19.5 Å². The molecule has 4 aromatic rings. The smallest absolute Gasteiger partial charge is 0.305 e. The van der Waals surface area contributed by atoms with Crippen LogP contribution in [0.15, 0.2) is 91.5 Å². The van der Waals surface area contributed by atoms with Crippen LogP contribution in [0, 0.1) is 0 Å². The van der Waals surface area contributed by atoms with E-state index in [0.717, 1.165) is 23.4 Å². The number of pyridine rings is 1. The Morgan fingerprint density at radius 3 is 2.32 bits per heavy atom. The lowest BCUT2D eigenvalue weighted by atomic mass is 9.98. The number of carboxylic acids is 1. The summed E-state index contributed by atoms with van der Waals surface area (Å²) in [6, 6.07) is 21.2. The number of H-pyrrole nitrogens is 1. The maximum Gasteiger partial charge on any atom is 0.305 e. The molecule has 5 N–H and O–H groups in total. The molecule has 0 radical (unpaired) electrons. The highest BCUT2D eigenvalue weighted by Gasteiger charge is 2.26. The topological polar surface area (TPSA) is 149 Å². The molecule has 1 unspecified atom stereocenters. The molecule has 0 saturated carbocycles. The molecule has 4 rings (SSSR count). The van der Waals surface area contributed by atoms with E-state index in [1.54, 1.807) is 12.4 Å². The molecule has 2 amide bonds. The van der Waals surface area contributed by atoms with Crippen LogP contribution in [0.25, 0.3) is 11.1 Å². The summed E-state index contributed by atoms with van der Waals surface area (Å²) in [5, 5.41) is 18.4. The Bertz CT molecular complexity index is 1380. The molecule has 0 fully saturated rings. The number of benzene rings is 2. The van der Waals surface area contributed by atoms with Gasteiger partial charge in [0.2, 0.25) is 11.8 Å². The Labute approximate surface area is 238 Å². The van der Waals surface area contributed by atoms with Crippen LogP contribution in [0.3, 0.4) is 0 Å². The summed E-state index contributed by atoms with van der Waals surface area (Å²) in [5.41, 5.74) is 3.35. The molecule has 2 aromatic heterocycles. The average Bonchev–Trinajstić information content (AvgIpc) is 3.50. The fourth-order valence-electron chi connectivity index (χ4n) is 4.42. The molecule has 2 aromatic carbocycles. The van der Waals surface area contributed by atoms with Gasteiger partial charge in [-0.1, -0.05) is 60.7 Å². The van der Waals surface area contributed by atoms with E-state index in [9.17, 15) is 19.5 Å². The van der Waals surface area contributed by atoms with Gasteiger partial charge in [0, 0.05) is 37.5 Å². The Hall–Kier alpha value is -4.99. The molecule has 0 saturated heterocycles. The predicted molar refractivity (Wildman–Crippen MR) is 156 cm³/mol. The predicted octanol–water partition coefficient (Wildman–Crippen LogP) is 4.11. The monoisotopic (exact) mass is 554 g/mol. The number of unbranched alkanes of at least 4 members (excludes halogenated alkanes) is 1. The van der Waals surface area contributed by atoms with Crippen LogP contribution in [0.1, 0.15) is 43.0 Å². The number of nitrogens with one attached hydrogen (secondary N) is 4. The Morgan fingerprint density at radius 2 is 1.63 bits per heavy atom. The second-order valence-electron chi connectivity index (χ2n) is 9.65. The van der Waals surface area contributed by atoms with Crippen LogP contribution in [0.2, 0.25) is 0 Å². The minimum atomic E-state index is -1.05. The van der Waals surface area contributed by atoms with E-state index in [2.05, 4.69) is 30.9 Å². The molecule has 2 heterocycles. The van der Waals surface area contributed by atoms with Crippen LogP contribution >= 0.6 is 0 Å². The van der Waals surface area contributed by atoms with E-state index in [-0.39, 0.29) is 25.2 Å². The molecular weight excluding hydrogens is 520 g/mol.